The van der Waals surface area contributed by atoms with E-state index in [1.165, 1.54) is 19.1 Å². The number of hydrogen-bond acceptors (Lipinski definition) is 6. The molecule has 1 rings (SSSR count). The number of hydrogen-bond donors (Lipinski definition) is 3. The minimum atomic E-state index is -0.980. The summed E-state index contributed by atoms with van der Waals surface area (Å²) < 4.78 is 4.79. The van der Waals surface area contributed by atoms with Crippen LogP contribution in [0.3, 0.4) is 0 Å². The highest BCUT2D eigenvalue weighted by Gasteiger charge is 2.39. The van der Waals surface area contributed by atoms with Gasteiger partial charge in [-0.3, -0.25) is 19.2 Å². The second kappa shape index (κ2) is 13.4. The molecule has 1 aromatic rings. The van der Waals surface area contributed by atoms with Gasteiger partial charge in [-0.1, -0.05) is 65.0 Å². The average molecular weight is 494 g/mol. The molecule has 3 atom stereocenters. The molecule has 1 aromatic carbocycles. The first-order valence-electron chi connectivity index (χ1n) is 11.4. The smallest absolute Gasteiger partial charge is 0.325 e. The third-order valence-corrected chi connectivity index (χ3v) is 6.40. The number of amides is 3. The van der Waals surface area contributed by atoms with E-state index in [4.69, 9.17) is 4.74 Å². The first kappa shape index (κ1) is 29.5. The molecule has 0 saturated heterocycles. The molecule has 0 radical (unpaired) electrons. The SMILES string of the molecule is CNC(=O)[C@H](Cc1ccccc1)NC(=O)[C@H](CC(C)C)N(CC(=O)OC)C(=O)C(S)C(C)(C)C. The Morgan fingerprint density at radius 1 is 1.06 bits per heavy atom. The standard InChI is InChI=1S/C25H39N3O5S/c1-16(2)13-19(28(15-20(29)33-7)24(32)21(34)25(3,4)5)23(31)27-18(22(30)26-6)14-17-11-9-8-10-12-17/h8-12,16,18-19,21,34H,13-15H2,1-7H3,(H,26,30)(H,27,31)/t18-,19-,21?/m0/s1. The Balaban J connectivity index is 3.32. The van der Waals surface area contributed by atoms with E-state index in [0.717, 1.165) is 5.56 Å². The number of likely N-dealkylation sites (N-methyl/N-ethyl adjacent to an activating group) is 1. The number of carbonyl (C=O) groups excluding carboxylic acids is 4. The van der Waals surface area contributed by atoms with Gasteiger partial charge in [-0.2, -0.15) is 12.6 Å². The molecule has 3 amide bonds. The quantitative estimate of drug-likeness (QED) is 0.324. The first-order valence-corrected chi connectivity index (χ1v) is 11.9. The molecule has 0 aliphatic carbocycles. The van der Waals surface area contributed by atoms with Crippen molar-refractivity contribution in [2.45, 2.75) is 64.8 Å². The molecule has 0 heterocycles. The van der Waals surface area contributed by atoms with Crippen molar-refractivity contribution in [3.8, 4) is 0 Å². The van der Waals surface area contributed by atoms with Crippen molar-refractivity contribution in [3.05, 3.63) is 35.9 Å². The number of nitrogens with zero attached hydrogens (tertiary/aromatic N) is 1. The molecule has 1 unspecified atom stereocenters. The van der Waals surface area contributed by atoms with Gasteiger partial charge in [0.25, 0.3) is 0 Å². The van der Waals surface area contributed by atoms with Crippen molar-refractivity contribution < 1.29 is 23.9 Å². The average Bonchev–Trinajstić information content (AvgIpc) is 2.78. The van der Waals surface area contributed by atoms with Crippen LogP contribution in [0.2, 0.25) is 0 Å². The number of benzene rings is 1. The lowest BCUT2D eigenvalue weighted by Crippen LogP contribution is -2.58. The third kappa shape index (κ3) is 9.00. The maximum Gasteiger partial charge on any atom is 0.325 e. The van der Waals surface area contributed by atoms with Crippen LogP contribution in [0.5, 0.6) is 0 Å². The van der Waals surface area contributed by atoms with Crippen molar-refractivity contribution in [1.29, 1.82) is 0 Å². The maximum atomic E-state index is 13.5. The Hall–Kier alpha value is -2.55. The Labute approximate surface area is 208 Å². The van der Waals surface area contributed by atoms with Crippen LogP contribution < -0.4 is 10.6 Å². The van der Waals surface area contributed by atoms with Crippen LogP contribution in [-0.2, 0) is 30.3 Å². The fourth-order valence-electron chi connectivity index (χ4n) is 3.40. The summed E-state index contributed by atoms with van der Waals surface area (Å²) in [5.41, 5.74) is 0.369. The maximum absolute atomic E-state index is 13.5. The van der Waals surface area contributed by atoms with Crippen LogP contribution >= 0.6 is 12.6 Å². The van der Waals surface area contributed by atoms with Crippen molar-refractivity contribution in [1.82, 2.24) is 15.5 Å². The first-order chi connectivity index (χ1) is 15.8. The Kier molecular flexibility index (Phi) is 11.6. The lowest BCUT2D eigenvalue weighted by atomic mass is 9.90. The van der Waals surface area contributed by atoms with E-state index in [1.807, 2.05) is 65.0 Å². The van der Waals surface area contributed by atoms with Gasteiger partial charge in [0.05, 0.1) is 12.4 Å². The van der Waals surface area contributed by atoms with Gasteiger partial charge in [0.15, 0.2) is 0 Å². The summed E-state index contributed by atoms with van der Waals surface area (Å²) in [6.45, 7) is 9.02. The molecule has 0 aromatic heterocycles. The predicted octanol–water partition coefficient (Wildman–Crippen LogP) is 2.22. The molecule has 190 valence electrons. The number of thiol groups is 1. The number of methoxy groups -OCH3 is 1. The molecule has 0 bridgehead atoms. The van der Waals surface area contributed by atoms with Crippen LogP contribution in [0.4, 0.5) is 0 Å². The second-order valence-corrected chi connectivity index (χ2v) is 10.3. The van der Waals surface area contributed by atoms with E-state index in [2.05, 4.69) is 23.3 Å². The van der Waals surface area contributed by atoms with Gasteiger partial charge in [-0.25, -0.2) is 0 Å². The van der Waals surface area contributed by atoms with Crippen LogP contribution in [-0.4, -0.2) is 66.6 Å². The fraction of sp³-hybridized carbons (Fsp3) is 0.600. The zero-order chi connectivity index (χ0) is 26.1. The summed E-state index contributed by atoms with van der Waals surface area (Å²) in [4.78, 5) is 52.9. The van der Waals surface area contributed by atoms with Gasteiger partial charge in [0.1, 0.15) is 18.6 Å². The van der Waals surface area contributed by atoms with Crippen molar-refractivity contribution in [2.75, 3.05) is 20.7 Å². The molecule has 0 aliphatic heterocycles. The minimum absolute atomic E-state index is 0.0317. The van der Waals surface area contributed by atoms with Crippen LogP contribution in [0.15, 0.2) is 30.3 Å². The predicted molar refractivity (Wildman–Crippen MR) is 135 cm³/mol. The van der Waals surface area contributed by atoms with Crippen molar-refractivity contribution in [3.63, 3.8) is 0 Å². The largest absolute Gasteiger partial charge is 0.468 e. The summed E-state index contributed by atoms with van der Waals surface area (Å²) in [5.74, 6) is -1.92. The van der Waals surface area contributed by atoms with Crippen molar-refractivity contribution >= 4 is 36.3 Å². The number of ether oxygens (including phenoxy) is 1. The van der Waals surface area contributed by atoms with Crippen LogP contribution in [0.1, 0.15) is 46.6 Å². The van der Waals surface area contributed by atoms with Gasteiger partial charge < -0.3 is 20.3 Å². The molecule has 9 heteroatoms. The Bertz CT molecular complexity index is 839. The third-order valence-electron chi connectivity index (χ3n) is 5.40. The van der Waals surface area contributed by atoms with E-state index in [-0.39, 0.29) is 18.2 Å². The molecular weight excluding hydrogens is 454 g/mol. The van der Waals surface area contributed by atoms with E-state index < -0.39 is 47.1 Å². The van der Waals surface area contributed by atoms with Crippen molar-refractivity contribution in [2.24, 2.45) is 11.3 Å². The Morgan fingerprint density at radius 2 is 1.65 bits per heavy atom. The highest BCUT2D eigenvalue weighted by atomic mass is 32.1. The van der Waals surface area contributed by atoms with E-state index in [1.54, 1.807) is 0 Å². The second-order valence-electron chi connectivity index (χ2n) is 9.82. The lowest BCUT2D eigenvalue weighted by Gasteiger charge is -2.36. The number of carbonyl (C=O) groups is 4. The molecule has 34 heavy (non-hydrogen) atoms. The summed E-state index contributed by atoms with van der Waals surface area (Å²) >= 11 is 4.49. The molecule has 0 spiro atoms. The van der Waals surface area contributed by atoms with Gasteiger partial charge in [0.2, 0.25) is 17.7 Å². The van der Waals surface area contributed by atoms with E-state index in [0.29, 0.717) is 6.42 Å². The van der Waals surface area contributed by atoms with Gasteiger partial charge in [-0.15, -0.1) is 0 Å². The summed E-state index contributed by atoms with van der Waals surface area (Å²) in [7, 11) is 2.73. The fourth-order valence-corrected chi connectivity index (χ4v) is 3.54. The van der Waals surface area contributed by atoms with E-state index >= 15 is 0 Å². The summed E-state index contributed by atoms with van der Waals surface area (Å²) in [6.07, 6.45) is 0.577. The minimum Gasteiger partial charge on any atom is -0.468 e. The molecule has 8 nitrogen and oxygen atoms in total. The number of nitrogens with one attached hydrogen (secondary N) is 2. The highest BCUT2D eigenvalue weighted by molar-refractivity contribution is 7.81. The zero-order valence-electron chi connectivity index (χ0n) is 21.3. The van der Waals surface area contributed by atoms with Crippen LogP contribution in [0, 0.1) is 11.3 Å². The lowest BCUT2D eigenvalue weighted by molar-refractivity contribution is -0.152. The molecule has 0 aliphatic rings. The summed E-state index contributed by atoms with van der Waals surface area (Å²) in [5, 5.41) is 4.63. The van der Waals surface area contributed by atoms with Gasteiger partial charge in [0, 0.05) is 13.5 Å². The van der Waals surface area contributed by atoms with Crippen LogP contribution in [0.25, 0.3) is 0 Å². The molecular formula is C25H39N3O5S. The highest BCUT2D eigenvalue weighted by Crippen LogP contribution is 2.27. The molecule has 2 N–H and O–H groups in total. The van der Waals surface area contributed by atoms with Gasteiger partial charge in [-0.05, 0) is 23.3 Å². The summed E-state index contributed by atoms with van der Waals surface area (Å²) in [6, 6.07) is 7.50. The zero-order valence-corrected chi connectivity index (χ0v) is 22.1. The van der Waals surface area contributed by atoms with E-state index in [9.17, 15) is 19.2 Å². The normalized spacial score (nSPS) is 14.0. The molecule has 0 saturated carbocycles. The monoisotopic (exact) mass is 493 g/mol. The molecule has 0 fully saturated rings. The van der Waals surface area contributed by atoms with Gasteiger partial charge >= 0.3 is 5.97 Å². The Morgan fingerprint density at radius 3 is 2.12 bits per heavy atom. The number of rotatable bonds is 11. The topological polar surface area (TPSA) is 105 Å². The number of esters is 1.